The van der Waals surface area contributed by atoms with Crippen molar-refractivity contribution >= 4 is 38.3 Å². The molecule has 1 heterocycles. The third-order valence-corrected chi connectivity index (χ3v) is 6.53. The summed E-state index contributed by atoms with van der Waals surface area (Å²) in [4.78, 5) is 13.1. The molecule has 0 saturated carbocycles. The first-order chi connectivity index (χ1) is 14.8. The molecule has 7 nitrogen and oxygen atoms in total. The summed E-state index contributed by atoms with van der Waals surface area (Å²) in [5, 5.41) is 6.02. The van der Waals surface area contributed by atoms with Crippen LogP contribution in [0.25, 0.3) is 27.7 Å². The number of nitrogens with zero attached hydrogens (tertiary/aromatic N) is 3. The van der Waals surface area contributed by atoms with Gasteiger partial charge in [0.05, 0.1) is 27.5 Å². The van der Waals surface area contributed by atoms with Gasteiger partial charge in [-0.05, 0) is 30.3 Å². The molecule has 3 aromatic carbocycles. The first-order valence-electron chi connectivity index (χ1n) is 9.35. The smallest absolute Gasteiger partial charge is 0.269 e. The Morgan fingerprint density at radius 3 is 2.26 bits per heavy atom. The van der Waals surface area contributed by atoms with Crippen LogP contribution in [0.15, 0.2) is 77.6 Å². The molecular weight excluding hydrogens is 436 g/mol. The number of aromatic nitrogens is 2. The second-order valence-corrected chi connectivity index (χ2v) is 9.32. The third kappa shape index (κ3) is 4.05. The fourth-order valence-corrected chi connectivity index (χ4v) is 3.98. The minimum atomic E-state index is -3.75. The fourth-order valence-electron chi connectivity index (χ4n) is 3.13. The first-order valence-corrected chi connectivity index (χ1v) is 11.2. The number of fused-ring (bicyclic) bond motifs is 1. The van der Waals surface area contributed by atoms with E-state index in [9.17, 15) is 13.2 Å². The second-order valence-electron chi connectivity index (χ2n) is 7.03. The molecule has 0 bridgehead atoms. The van der Waals surface area contributed by atoms with Gasteiger partial charge in [-0.2, -0.15) is 22.5 Å². The van der Waals surface area contributed by atoms with Gasteiger partial charge >= 0.3 is 10.2 Å². The van der Waals surface area contributed by atoms with Crippen molar-refractivity contribution in [2.75, 3.05) is 18.8 Å². The second kappa shape index (κ2) is 8.14. The van der Waals surface area contributed by atoms with Crippen molar-refractivity contribution in [1.29, 1.82) is 0 Å². The lowest BCUT2D eigenvalue weighted by molar-refractivity contribution is 0.527. The van der Waals surface area contributed by atoms with Gasteiger partial charge in [-0.15, -0.1) is 0 Å². The molecule has 158 valence electrons. The summed E-state index contributed by atoms with van der Waals surface area (Å²) in [5.41, 5.74) is 1.74. The van der Waals surface area contributed by atoms with Crippen LogP contribution in [-0.2, 0) is 10.2 Å². The number of rotatable bonds is 5. The van der Waals surface area contributed by atoms with E-state index in [0.29, 0.717) is 27.7 Å². The third-order valence-electron chi connectivity index (χ3n) is 4.77. The minimum Gasteiger partial charge on any atom is -0.269 e. The maximum Gasteiger partial charge on any atom is 0.301 e. The summed E-state index contributed by atoms with van der Waals surface area (Å²) in [6.45, 7) is 0. The zero-order valence-corrected chi connectivity index (χ0v) is 18.4. The van der Waals surface area contributed by atoms with Crippen molar-refractivity contribution in [3.63, 3.8) is 0 Å². The maximum atomic E-state index is 13.1. The molecule has 1 aromatic heterocycles. The SMILES string of the molecule is CN(C)S(=O)(=O)Nc1cc(-c2nn(-c3ccccc3)c(=O)c3ccccc23)ccc1Cl. The summed E-state index contributed by atoms with van der Waals surface area (Å²) in [5.74, 6) is 0. The van der Waals surface area contributed by atoms with Gasteiger partial charge in [0, 0.05) is 25.0 Å². The fraction of sp³-hybridized carbons (Fsp3) is 0.0909. The molecule has 0 amide bonds. The van der Waals surface area contributed by atoms with Crippen LogP contribution in [0.4, 0.5) is 5.69 Å². The summed E-state index contributed by atoms with van der Waals surface area (Å²) in [6, 6.07) is 21.2. The molecule has 0 radical (unpaired) electrons. The van der Waals surface area contributed by atoms with Gasteiger partial charge in [-0.25, -0.2) is 0 Å². The molecule has 0 saturated heterocycles. The van der Waals surface area contributed by atoms with E-state index >= 15 is 0 Å². The molecule has 0 aliphatic carbocycles. The van der Waals surface area contributed by atoms with Crippen molar-refractivity contribution in [1.82, 2.24) is 14.1 Å². The minimum absolute atomic E-state index is 0.219. The number of halogens is 1. The van der Waals surface area contributed by atoms with Crippen LogP contribution in [0.2, 0.25) is 5.02 Å². The highest BCUT2D eigenvalue weighted by Gasteiger charge is 2.18. The predicted molar refractivity (Wildman–Crippen MR) is 124 cm³/mol. The van der Waals surface area contributed by atoms with Crippen molar-refractivity contribution in [3.05, 3.63) is 88.2 Å². The molecule has 0 aliphatic heterocycles. The lowest BCUT2D eigenvalue weighted by atomic mass is 10.0. The van der Waals surface area contributed by atoms with E-state index in [2.05, 4.69) is 9.82 Å². The summed E-state index contributed by atoms with van der Waals surface area (Å²) in [6.07, 6.45) is 0. The number of nitrogens with one attached hydrogen (secondary N) is 1. The first kappa shape index (κ1) is 21.0. The van der Waals surface area contributed by atoms with E-state index in [1.54, 1.807) is 42.5 Å². The van der Waals surface area contributed by atoms with E-state index < -0.39 is 10.2 Å². The lowest BCUT2D eigenvalue weighted by Gasteiger charge is -2.16. The van der Waals surface area contributed by atoms with E-state index in [1.165, 1.54) is 18.8 Å². The lowest BCUT2D eigenvalue weighted by Crippen LogP contribution is -2.29. The van der Waals surface area contributed by atoms with Crippen LogP contribution in [0.5, 0.6) is 0 Å². The van der Waals surface area contributed by atoms with Crippen LogP contribution < -0.4 is 10.3 Å². The molecule has 0 fully saturated rings. The molecule has 0 atom stereocenters. The standard InChI is InChI=1S/C22H19ClN4O3S/c1-26(2)31(29,30)25-20-14-15(12-13-19(20)23)21-17-10-6-7-11-18(17)22(28)27(24-21)16-8-4-3-5-9-16/h3-14,25H,1-2H3. The Morgan fingerprint density at radius 2 is 1.58 bits per heavy atom. The Kier molecular flexibility index (Phi) is 5.53. The number of hydrogen-bond donors (Lipinski definition) is 1. The van der Waals surface area contributed by atoms with E-state index in [4.69, 9.17) is 11.6 Å². The van der Waals surface area contributed by atoms with E-state index in [0.717, 1.165) is 4.31 Å². The number of para-hydroxylation sites is 1. The van der Waals surface area contributed by atoms with Crippen LogP contribution >= 0.6 is 11.6 Å². The topological polar surface area (TPSA) is 84.3 Å². The molecule has 0 aliphatic rings. The van der Waals surface area contributed by atoms with Gasteiger partial charge in [0.2, 0.25) is 0 Å². The normalized spacial score (nSPS) is 11.7. The summed E-state index contributed by atoms with van der Waals surface area (Å²) >= 11 is 6.24. The van der Waals surface area contributed by atoms with Crippen molar-refractivity contribution in [2.45, 2.75) is 0 Å². The number of benzene rings is 3. The molecule has 4 rings (SSSR count). The Morgan fingerprint density at radius 1 is 0.935 bits per heavy atom. The van der Waals surface area contributed by atoms with Gasteiger partial charge in [-0.1, -0.05) is 54.1 Å². The zero-order valence-electron chi connectivity index (χ0n) is 16.8. The predicted octanol–water partition coefficient (Wildman–Crippen LogP) is 3.92. The van der Waals surface area contributed by atoms with Crippen LogP contribution in [0.1, 0.15) is 0 Å². The number of anilines is 1. The summed E-state index contributed by atoms with van der Waals surface area (Å²) < 4.78 is 29.5. The van der Waals surface area contributed by atoms with Gasteiger partial charge in [0.25, 0.3) is 5.56 Å². The highest BCUT2D eigenvalue weighted by Crippen LogP contribution is 2.32. The van der Waals surface area contributed by atoms with Gasteiger partial charge in [-0.3, -0.25) is 9.52 Å². The molecule has 0 unspecified atom stereocenters. The summed E-state index contributed by atoms with van der Waals surface area (Å²) in [7, 11) is -0.907. The molecule has 1 N–H and O–H groups in total. The van der Waals surface area contributed by atoms with E-state index in [1.807, 2.05) is 30.3 Å². The Bertz CT molecular complexity index is 1430. The number of hydrogen-bond acceptors (Lipinski definition) is 4. The largest absolute Gasteiger partial charge is 0.301 e. The molecule has 31 heavy (non-hydrogen) atoms. The average Bonchev–Trinajstić information content (AvgIpc) is 2.76. The van der Waals surface area contributed by atoms with E-state index in [-0.39, 0.29) is 16.3 Å². The van der Waals surface area contributed by atoms with Crippen LogP contribution in [0, 0.1) is 0 Å². The zero-order chi connectivity index (χ0) is 22.2. The highest BCUT2D eigenvalue weighted by atomic mass is 35.5. The quantitative estimate of drug-likeness (QED) is 0.495. The monoisotopic (exact) mass is 454 g/mol. The molecule has 4 aromatic rings. The maximum absolute atomic E-state index is 13.1. The average molecular weight is 455 g/mol. The highest BCUT2D eigenvalue weighted by molar-refractivity contribution is 7.90. The van der Waals surface area contributed by atoms with Crippen molar-refractivity contribution in [2.24, 2.45) is 0 Å². The van der Waals surface area contributed by atoms with Gasteiger partial charge in [0.1, 0.15) is 0 Å². The Labute approximate surface area is 184 Å². The van der Waals surface area contributed by atoms with Crippen LogP contribution in [-0.4, -0.2) is 36.6 Å². The molecular formula is C22H19ClN4O3S. The molecule has 0 spiro atoms. The van der Waals surface area contributed by atoms with Crippen LogP contribution in [0.3, 0.4) is 0 Å². The Hall–Kier alpha value is -3.20. The van der Waals surface area contributed by atoms with Gasteiger partial charge in [0.15, 0.2) is 0 Å². The van der Waals surface area contributed by atoms with Crippen molar-refractivity contribution in [3.8, 4) is 16.9 Å². The molecule has 9 heteroatoms. The van der Waals surface area contributed by atoms with Gasteiger partial charge < -0.3 is 0 Å². The Balaban J connectivity index is 1.96. The van der Waals surface area contributed by atoms with Crippen molar-refractivity contribution < 1.29 is 8.42 Å².